The molecule has 1 nitrogen and oxygen atoms in total. The molecule has 22 heavy (non-hydrogen) atoms. The highest BCUT2D eigenvalue weighted by molar-refractivity contribution is 5.64. The number of allylic oxidation sites excluding steroid dienone is 2. The van der Waals surface area contributed by atoms with Crippen molar-refractivity contribution in [2.24, 2.45) is 0 Å². The molecule has 0 amide bonds. The Balaban J connectivity index is 2.38. The number of nitrogens with zero attached hydrogens (tertiary/aromatic N) is 1. The maximum absolute atomic E-state index is 4.29. The van der Waals surface area contributed by atoms with Crippen LogP contribution in [0.3, 0.4) is 0 Å². The summed E-state index contributed by atoms with van der Waals surface area (Å²) < 4.78 is 0. The second-order valence-corrected chi connectivity index (χ2v) is 6.34. The molecule has 0 spiro atoms. The van der Waals surface area contributed by atoms with Crippen molar-refractivity contribution >= 4 is 5.57 Å². The van der Waals surface area contributed by atoms with Gasteiger partial charge < -0.3 is 0 Å². The minimum absolute atomic E-state index is 1.21. The Hall–Kier alpha value is -1.11. The fourth-order valence-electron chi connectivity index (χ4n) is 2.86. The normalized spacial score (nSPS) is 11.8. The van der Waals surface area contributed by atoms with Gasteiger partial charge >= 0.3 is 0 Å². The van der Waals surface area contributed by atoms with Gasteiger partial charge in [0.15, 0.2) is 0 Å². The molecule has 0 fully saturated rings. The molecule has 0 atom stereocenters. The predicted molar refractivity (Wildman–Crippen MR) is 99.0 cm³/mol. The van der Waals surface area contributed by atoms with E-state index < -0.39 is 0 Å². The fourth-order valence-corrected chi connectivity index (χ4v) is 2.86. The van der Waals surface area contributed by atoms with Gasteiger partial charge in [-0.05, 0) is 42.9 Å². The van der Waals surface area contributed by atoms with Crippen LogP contribution in [0.2, 0.25) is 0 Å². The van der Waals surface area contributed by atoms with Crippen molar-refractivity contribution in [3.63, 3.8) is 0 Å². The Morgan fingerprint density at radius 1 is 0.909 bits per heavy atom. The largest absolute Gasteiger partial charge is 0.264 e. The summed E-state index contributed by atoms with van der Waals surface area (Å²) in [5.74, 6) is 0. The highest BCUT2D eigenvalue weighted by Crippen LogP contribution is 2.22. The number of hydrogen-bond donors (Lipinski definition) is 0. The van der Waals surface area contributed by atoms with E-state index in [1.165, 1.54) is 88.2 Å². The molecule has 0 aliphatic carbocycles. The number of hydrogen-bond acceptors (Lipinski definition) is 1. The van der Waals surface area contributed by atoms with Crippen LogP contribution in [-0.4, -0.2) is 4.98 Å². The second kappa shape index (κ2) is 13.5. The summed E-state index contributed by atoms with van der Waals surface area (Å²) >= 11 is 0. The molecule has 0 aliphatic rings. The zero-order chi connectivity index (χ0) is 15.9. The first kappa shape index (κ1) is 18.9. The molecule has 0 aromatic carbocycles. The fraction of sp³-hybridized carbons (Fsp3) is 0.667. The van der Waals surface area contributed by atoms with E-state index in [0.717, 1.165) is 0 Å². The molecule has 0 aliphatic heterocycles. The van der Waals surface area contributed by atoms with Gasteiger partial charge in [0, 0.05) is 12.4 Å². The second-order valence-electron chi connectivity index (χ2n) is 6.34. The minimum Gasteiger partial charge on any atom is -0.264 e. The minimum atomic E-state index is 1.21. The molecule has 0 saturated carbocycles. The van der Waals surface area contributed by atoms with Gasteiger partial charge in [0.1, 0.15) is 0 Å². The third-order valence-corrected chi connectivity index (χ3v) is 4.28. The molecule has 0 saturated heterocycles. The highest BCUT2D eigenvalue weighted by Gasteiger charge is 2.01. The molecule has 1 aromatic heterocycles. The van der Waals surface area contributed by atoms with E-state index in [2.05, 4.69) is 37.0 Å². The van der Waals surface area contributed by atoms with Gasteiger partial charge in [-0.1, -0.05) is 77.4 Å². The van der Waals surface area contributed by atoms with Crippen molar-refractivity contribution in [1.29, 1.82) is 0 Å². The molecule has 0 unspecified atom stereocenters. The summed E-state index contributed by atoms with van der Waals surface area (Å²) in [5.41, 5.74) is 2.84. The average molecular weight is 302 g/mol. The van der Waals surface area contributed by atoms with Crippen molar-refractivity contribution < 1.29 is 0 Å². The zero-order valence-corrected chi connectivity index (χ0v) is 14.8. The topological polar surface area (TPSA) is 12.9 Å². The van der Waals surface area contributed by atoms with E-state index in [1.54, 1.807) is 0 Å². The van der Waals surface area contributed by atoms with Crippen LogP contribution in [0.15, 0.2) is 30.6 Å². The molecular weight excluding hydrogens is 266 g/mol. The lowest BCUT2D eigenvalue weighted by atomic mass is 9.98. The molecule has 0 radical (unpaired) electrons. The SMILES string of the molecule is CCCCCCCCC=C(CCCCCC)c1cccnc1. The first-order valence-electron chi connectivity index (χ1n) is 9.48. The van der Waals surface area contributed by atoms with Gasteiger partial charge in [0.25, 0.3) is 0 Å². The lowest BCUT2D eigenvalue weighted by Gasteiger charge is -2.08. The molecule has 1 aromatic rings. The van der Waals surface area contributed by atoms with E-state index in [9.17, 15) is 0 Å². The monoisotopic (exact) mass is 301 g/mol. The molecule has 1 heteroatoms. The van der Waals surface area contributed by atoms with Gasteiger partial charge in [-0.15, -0.1) is 0 Å². The van der Waals surface area contributed by atoms with Crippen LogP contribution in [0, 0.1) is 0 Å². The maximum Gasteiger partial charge on any atom is 0.0342 e. The summed E-state index contributed by atoms with van der Waals surface area (Å²) in [6, 6.07) is 4.26. The van der Waals surface area contributed by atoms with Gasteiger partial charge in [-0.2, -0.15) is 0 Å². The number of pyridine rings is 1. The van der Waals surface area contributed by atoms with Crippen molar-refractivity contribution in [1.82, 2.24) is 4.98 Å². The highest BCUT2D eigenvalue weighted by atomic mass is 14.6. The number of aromatic nitrogens is 1. The van der Waals surface area contributed by atoms with Gasteiger partial charge in [-0.25, -0.2) is 0 Å². The van der Waals surface area contributed by atoms with E-state index in [1.807, 2.05) is 12.4 Å². The predicted octanol–water partition coefficient (Wildman–Crippen LogP) is 7.19. The molecule has 0 bridgehead atoms. The van der Waals surface area contributed by atoms with Crippen LogP contribution >= 0.6 is 0 Å². The lowest BCUT2D eigenvalue weighted by Crippen LogP contribution is -1.88. The Labute approximate surface area is 138 Å². The van der Waals surface area contributed by atoms with Gasteiger partial charge in [-0.3, -0.25) is 4.98 Å². The van der Waals surface area contributed by atoms with Crippen molar-refractivity contribution in [3.05, 3.63) is 36.2 Å². The molecule has 1 rings (SSSR count). The Morgan fingerprint density at radius 3 is 2.27 bits per heavy atom. The van der Waals surface area contributed by atoms with Crippen LogP contribution in [0.5, 0.6) is 0 Å². The molecular formula is C21H35N. The van der Waals surface area contributed by atoms with Crippen LogP contribution in [0.1, 0.15) is 96.5 Å². The maximum atomic E-state index is 4.29. The van der Waals surface area contributed by atoms with Gasteiger partial charge in [0.05, 0.1) is 0 Å². The molecule has 124 valence electrons. The third kappa shape index (κ3) is 9.02. The Kier molecular flexibility index (Phi) is 11.7. The van der Waals surface area contributed by atoms with Crippen molar-refractivity contribution in [2.75, 3.05) is 0 Å². The van der Waals surface area contributed by atoms with Crippen LogP contribution in [0.25, 0.3) is 5.57 Å². The summed E-state index contributed by atoms with van der Waals surface area (Å²) in [6.07, 6.45) is 22.4. The van der Waals surface area contributed by atoms with Crippen LogP contribution in [0.4, 0.5) is 0 Å². The first-order chi connectivity index (χ1) is 10.9. The molecule has 0 N–H and O–H groups in total. The lowest BCUT2D eigenvalue weighted by molar-refractivity contribution is 0.611. The van der Waals surface area contributed by atoms with E-state index in [0.29, 0.717) is 0 Å². The van der Waals surface area contributed by atoms with E-state index in [4.69, 9.17) is 0 Å². The number of unbranched alkanes of at least 4 members (excludes halogenated alkanes) is 9. The standard InChI is InChI=1S/C21H35N/c1-3-5-7-9-10-11-13-16-20(15-12-8-6-4-2)21-17-14-18-22-19-21/h14,16-19H,3-13,15H2,1-2H3. The van der Waals surface area contributed by atoms with Crippen LogP contribution in [-0.2, 0) is 0 Å². The Morgan fingerprint density at radius 2 is 1.59 bits per heavy atom. The van der Waals surface area contributed by atoms with Crippen LogP contribution < -0.4 is 0 Å². The van der Waals surface area contributed by atoms with Crippen molar-refractivity contribution in [3.8, 4) is 0 Å². The number of rotatable bonds is 13. The average Bonchev–Trinajstić information content (AvgIpc) is 2.56. The summed E-state index contributed by atoms with van der Waals surface area (Å²) in [4.78, 5) is 4.29. The zero-order valence-electron chi connectivity index (χ0n) is 14.8. The van der Waals surface area contributed by atoms with E-state index in [-0.39, 0.29) is 0 Å². The van der Waals surface area contributed by atoms with Gasteiger partial charge in [0.2, 0.25) is 0 Å². The van der Waals surface area contributed by atoms with Crippen molar-refractivity contribution in [2.45, 2.75) is 90.9 Å². The Bertz CT molecular complexity index is 380. The van der Waals surface area contributed by atoms with E-state index >= 15 is 0 Å². The molecule has 1 heterocycles. The summed E-state index contributed by atoms with van der Waals surface area (Å²) in [6.45, 7) is 4.55. The third-order valence-electron chi connectivity index (χ3n) is 4.28. The summed E-state index contributed by atoms with van der Waals surface area (Å²) in [7, 11) is 0. The first-order valence-corrected chi connectivity index (χ1v) is 9.48. The quantitative estimate of drug-likeness (QED) is 0.351. The summed E-state index contributed by atoms with van der Waals surface area (Å²) in [5, 5.41) is 0. The smallest absolute Gasteiger partial charge is 0.0342 e.